The molecule has 29 heavy (non-hydrogen) atoms. The number of aromatic nitrogens is 3. The van der Waals surface area contributed by atoms with Crippen LogP contribution < -0.4 is 0 Å². The summed E-state index contributed by atoms with van der Waals surface area (Å²) >= 11 is 0. The van der Waals surface area contributed by atoms with Crippen LogP contribution in [0.15, 0.2) is 28.9 Å². The molecule has 1 spiro atoms. The Morgan fingerprint density at radius 2 is 1.97 bits per heavy atom. The maximum atomic E-state index is 12.8. The molecule has 4 rings (SSSR count). The summed E-state index contributed by atoms with van der Waals surface area (Å²) in [7, 11) is 0. The largest absolute Gasteiger partial charge is 0.425 e. The zero-order valence-corrected chi connectivity index (χ0v) is 17.2. The van der Waals surface area contributed by atoms with Crippen molar-refractivity contribution in [3.05, 3.63) is 41.9 Å². The fraction of sp³-hybridized carbons (Fsp3) is 0.571. The van der Waals surface area contributed by atoms with Gasteiger partial charge in [-0.1, -0.05) is 13.8 Å². The first-order valence-corrected chi connectivity index (χ1v) is 10.2. The third-order valence-corrected chi connectivity index (χ3v) is 6.25. The average Bonchev–Trinajstić information content (AvgIpc) is 3.32. The summed E-state index contributed by atoms with van der Waals surface area (Å²) in [5, 5.41) is 8.28. The fourth-order valence-corrected chi connectivity index (χ4v) is 4.63. The minimum atomic E-state index is -0.144. The normalized spacial score (nSPS) is 21.2. The number of rotatable bonds is 3. The molecule has 8 heteroatoms. The van der Waals surface area contributed by atoms with E-state index in [-0.39, 0.29) is 29.1 Å². The quantitative estimate of drug-likeness (QED) is 0.789. The number of likely N-dealkylation sites (tertiary alicyclic amines) is 2. The Morgan fingerprint density at radius 1 is 1.21 bits per heavy atom. The van der Waals surface area contributed by atoms with Crippen molar-refractivity contribution in [1.82, 2.24) is 25.0 Å². The first kappa shape index (κ1) is 19.5. The van der Waals surface area contributed by atoms with E-state index in [9.17, 15) is 9.59 Å². The van der Waals surface area contributed by atoms with Crippen molar-refractivity contribution in [1.29, 1.82) is 0 Å². The Bertz CT molecular complexity index is 887. The second-order valence-electron chi connectivity index (χ2n) is 8.48. The maximum Gasteiger partial charge on any atom is 0.255 e. The van der Waals surface area contributed by atoms with E-state index in [0.29, 0.717) is 43.5 Å². The number of piperidine rings is 1. The molecule has 2 aromatic rings. The fourth-order valence-electron chi connectivity index (χ4n) is 4.63. The van der Waals surface area contributed by atoms with E-state index in [1.807, 2.05) is 23.6 Å². The number of nitrogens with zero attached hydrogens (tertiary/aromatic N) is 5. The molecule has 154 valence electrons. The molecule has 8 nitrogen and oxygen atoms in total. The molecule has 2 saturated heterocycles. The summed E-state index contributed by atoms with van der Waals surface area (Å²) in [4.78, 5) is 33.4. The van der Waals surface area contributed by atoms with Crippen LogP contribution in [-0.2, 0) is 4.79 Å². The van der Waals surface area contributed by atoms with Crippen molar-refractivity contribution in [3.63, 3.8) is 0 Å². The molecule has 2 aliphatic rings. The lowest BCUT2D eigenvalue weighted by molar-refractivity contribution is -0.133. The van der Waals surface area contributed by atoms with Gasteiger partial charge in [0.1, 0.15) is 0 Å². The third-order valence-electron chi connectivity index (χ3n) is 6.25. The van der Waals surface area contributed by atoms with Crippen LogP contribution in [0, 0.1) is 18.3 Å². The van der Waals surface area contributed by atoms with Gasteiger partial charge >= 0.3 is 0 Å². The molecule has 2 fully saturated rings. The van der Waals surface area contributed by atoms with Crippen molar-refractivity contribution in [2.75, 3.05) is 26.2 Å². The lowest BCUT2D eigenvalue weighted by Crippen LogP contribution is -2.46. The molecule has 0 saturated carbocycles. The van der Waals surface area contributed by atoms with Crippen LogP contribution in [0.1, 0.15) is 54.7 Å². The smallest absolute Gasteiger partial charge is 0.255 e. The molecule has 0 bridgehead atoms. The van der Waals surface area contributed by atoms with E-state index >= 15 is 0 Å². The summed E-state index contributed by atoms with van der Waals surface area (Å²) in [5.41, 5.74) is 0.463. The van der Waals surface area contributed by atoms with E-state index in [1.54, 1.807) is 31.5 Å². The molecule has 2 aliphatic heterocycles. The third kappa shape index (κ3) is 3.63. The highest BCUT2D eigenvalue weighted by molar-refractivity contribution is 5.93. The Morgan fingerprint density at radius 3 is 2.55 bits per heavy atom. The number of hydrogen-bond acceptors (Lipinski definition) is 6. The van der Waals surface area contributed by atoms with Gasteiger partial charge in [-0.15, -0.1) is 10.2 Å². The second kappa shape index (κ2) is 7.57. The van der Waals surface area contributed by atoms with Crippen molar-refractivity contribution >= 4 is 11.8 Å². The minimum Gasteiger partial charge on any atom is -0.425 e. The highest BCUT2D eigenvalue weighted by Gasteiger charge is 2.52. The van der Waals surface area contributed by atoms with Gasteiger partial charge in [0.05, 0.1) is 11.5 Å². The van der Waals surface area contributed by atoms with Crippen LogP contribution in [0.3, 0.4) is 0 Å². The van der Waals surface area contributed by atoms with Crippen molar-refractivity contribution in [2.24, 2.45) is 11.3 Å². The molecular formula is C21H27N5O3. The SMILES string of the molecule is Cc1nnc(C2CN(C(=O)C(C)C)CC23CCN(C(=O)c2cccnc2)CC3)o1. The number of pyridine rings is 1. The summed E-state index contributed by atoms with van der Waals surface area (Å²) in [6, 6.07) is 3.57. The van der Waals surface area contributed by atoms with Gasteiger partial charge in [-0.2, -0.15) is 0 Å². The van der Waals surface area contributed by atoms with Crippen molar-refractivity contribution < 1.29 is 14.0 Å². The van der Waals surface area contributed by atoms with Crippen molar-refractivity contribution in [3.8, 4) is 0 Å². The molecule has 0 radical (unpaired) electrons. The zero-order valence-electron chi connectivity index (χ0n) is 17.2. The van der Waals surface area contributed by atoms with E-state index in [4.69, 9.17) is 4.42 Å². The van der Waals surface area contributed by atoms with Crippen LogP contribution in [-0.4, -0.2) is 63.0 Å². The van der Waals surface area contributed by atoms with Gasteiger partial charge < -0.3 is 14.2 Å². The van der Waals surface area contributed by atoms with Crippen LogP contribution in [0.5, 0.6) is 0 Å². The van der Waals surface area contributed by atoms with E-state index < -0.39 is 0 Å². The topological polar surface area (TPSA) is 92.4 Å². The van der Waals surface area contributed by atoms with Gasteiger partial charge in [0, 0.05) is 56.8 Å². The van der Waals surface area contributed by atoms with Gasteiger partial charge in [-0.25, -0.2) is 0 Å². The summed E-state index contributed by atoms with van der Waals surface area (Å²) < 4.78 is 5.78. The Labute approximate surface area is 170 Å². The van der Waals surface area contributed by atoms with Crippen LogP contribution in [0.4, 0.5) is 0 Å². The second-order valence-corrected chi connectivity index (χ2v) is 8.48. The van der Waals surface area contributed by atoms with Gasteiger partial charge in [0.15, 0.2) is 0 Å². The van der Waals surface area contributed by atoms with E-state index in [2.05, 4.69) is 15.2 Å². The lowest BCUT2D eigenvalue weighted by Gasteiger charge is -2.41. The Hall–Kier alpha value is -2.77. The van der Waals surface area contributed by atoms with Crippen LogP contribution in [0.2, 0.25) is 0 Å². The Kier molecular flexibility index (Phi) is 5.10. The lowest BCUT2D eigenvalue weighted by atomic mass is 9.70. The number of carbonyl (C=O) groups excluding carboxylic acids is 2. The number of carbonyl (C=O) groups is 2. The van der Waals surface area contributed by atoms with Gasteiger partial charge in [-0.3, -0.25) is 14.6 Å². The molecular weight excluding hydrogens is 370 g/mol. The molecule has 0 N–H and O–H groups in total. The van der Waals surface area contributed by atoms with Gasteiger partial charge in [0.2, 0.25) is 17.7 Å². The summed E-state index contributed by atoms with van der Waals surface area (Å²) in [6.45, 7) is 8.18. The average molecular weight is 397 g/mol. The Balaban J connectivity index is 1.54. The zero-order chi connectivity index (χ0) is 20.6. The monoisotopic (exact) mass is 397 g/mol. The molecule has 4 heterocycles. The van der Waals surface area contributed by atoms with Gasteiger partial charge in [-0.05, 0) is 25.0 Å². The highest BCUT2D eigenvalue weighted by atomic mass is 16.4. The molecule has 0 aliphatic carbocycles. The summed E-state index contributed by atoms with van der Waals surface area (Å²) in [6.07, 6.45) is 4.87. The predicted molar refractivity (Wildman–Crippen MR) is 105 cm³/mol. The van der Waals surface area contributed by atoms with Gasteiger partial charge in [0.25, 0.3) is 5.91 Å². The van der Waals surface area contributed by atoms with Crippen LogP contribution >= 0.6 is 0 Å². The number of hydrogen-bond donors (Lipinski definition) is 0. The van der Waals surface area contributed by atoms with Crippen molar-refractivity contribution in [2.45, 2.75) is 39.5 Å². The molecule has 1 unspecified atom stereocenters. The van der Waals surface area contributed by atoms with Crippen LogP contribution in [0.25, 0.3) is 0 Å². The summed E-state index contributed by atoms with van der Waals surface area (Å²) in [5.74, 6) is 1.24. The molecule has 0 aromatic carbocycles. The highest BCUT2D eigenvalue weighted by Crippen LogP contribution is 2.49. The first-order chi connectivity index (χ1) is 13.9. The molecule has 1 atom stereocenters. The number of aryl methyl sites for hydroxylation is 1. The predicted octanol–water partition coefficient (Wildman–Crippen LogP) is 2.28. The van der Waals surface area contributed by atoms with E-state index in [1.165, 1.54) is 0 Å². The molecule has 2 amide bonds. The maximum absolute atomic E-state index is 12.8. The first-order valence-electron chi connectivity index (χ1n) is 10.2. The molecule has 2 aromatic heterocycles. The number of amides is 2. The van der Waals surface area contributed by atoms with E-state index in [0.717, 1.165) is 12.8 Å². The standard InChI is InChI=1S/C21H27N5O3/c1-14(2)19(27)26-12-17(18-24-23-15(3)29-18)21(13-26)6-9-25(10-7-21)20(28)16-5-4-8-22-11-16/h4-5,8,11,14,17H,6-7,9-10,12-13H2,1-3H3. The minimum absolute atomic E-state index is 0.00189.